The molecule has 1 aliphatic rings. The quantitative estimate of drug-likeness (QED) is 0.871. The molecule has 1 saturated heterocycles. The first kappa shape index (κ1) is 14.5. The summed E-state index contributed by atoms with van der Waals surface area (Å²) >= 11 is 0. The summed E-state index contributed by atoms with van der Waals surface area (Å²) in [6, 6.07) is 10.2. The van der Waals surface area contributed by atoms with Crippen LogP contribution in [0.15, 0.2) is 24.3 Å². The second-order valence-electron chi connectivity index (χ2n) is 4.97. The molecule has 0 spiro atoms. The third-order valence-electron chi connectivity index (χ3n) is 3.49. The van der Waals surface area contributed by atoms with Crippen LogP contribution in [0, 0.1) is 11.3 Å². The van der Waals surface area contributed by atoms with Crippen LogP contribution in [0.1, 0.15) is 24.9 Å². The summed E-state index contributed by atoms with van der Waals surface area (Å²) in [7, 11) is 0. The minimum Gasteiger partial charge on any atom is -0.326 e. The molecule has 0 saturated carbocycles. The van der Waals surface area contributed by atoms with Gasteiger partial charge in [0.25, 0.3) is 0 Å². The Morgan fingerprint density at radius 3 is 2.60 bits per heavy atom. The Kier molecular flexibility index (Phi) is 5.10. The first-order valence-electron chi connectivity index (χ1n) is 6.90. The van der Waals surface area contributed by atoms with Crippen molar-refractivity contribution in [2.45, 2.75) is 19.4 Å². The number of anilines is 1. The van der Waals surface area contributed by atoms with Gasteiger partial charge in [0, 0.05) is 44.8 Å². The van der Waals surface area contributed by atoms with Crippen molar-refractivity contribution in [3.8, 4) is 6.07 Å². The van der Waals surface area contributed by atoms with Gasteiger partial charge in [-0.15, -0.1) is 0 Å². The number of carbonyl (C=O) groups is 1. The van der Waals surface area contributed by atoms with E-state index in [1.165, 1.54) is 6.92 Å². The van der Waals surface area contributed by atoms with Crippen molar-refractivity contribution in [1.82, 2.24) is 10.2 Å². The van der Waals surface area contributed by atoms with E-state index in [0.29, 0.717) is 6.42 Å². The van der Waals surface area contributed by atoms with E-state index in [2.05, 4.69) is 21.6 Å². The van der Waals surface area contributed by atoms with Crippen molar-refractivity contribution < 1.29 is 4.79 Å². The third kappa shape index (κ3) is 3.80. The van der Waals surface area contributed by atoms with E-state index in [0.717, 1.165) is 37.4 Å². The molecular formula is C15H20N4O. The first-order chi connectivity index (χ1) is 9.70. The Morgan fingerprint density at radius 2 is 2.05 bits per heavy atom. The maximum Gasteiger partial charge on any atom is 0.221 e. The summed E-state index contributed by atoms with van der Waals surface area (Å²) in [5.41, 5.74) is 1.92. The van der Waals surface area contributed by atoms with Crippen molar-refractivity contribution in [3.05, 3.63) is 29.8 Å². The molecule has 0 radical (unpaired) electrons. The van der Waals surface area contributed by atoms with Crippen LogP contribution in [-0.2, 0) is 4.79 Å². The summed E-state index contributed by atoms with van der Waals surface area (Å²) in [5.74, 6) is -0.0755. The predicted octanol–water partition coefficient (Wildman–Crippen LogP) is 1.50. The fourth-order valence-electron chi connectivity index (χ4n) is 2.53. The van der Waals surface area contributed by atoms with Crippen molar-refractivity contribution in [2.24, 2.45) is 0 Å². The zero-order valence-electron chi connectivity index (χ0n) is 11.7. The number of benzene rings is 1. The minimum atomic E-state index is -0.0755. The number of nitrogens with zero attached hydrogens (tertiary/aromatic N) is 2. The standard InChI is InChI=1S/C15H20N4O/c1-12(20)18-14-4-2-13(3-5-14)15(6-7-16)19-10-8-17-9-11-19/h2-5,15,17H,6,8-11H2,1H3,(H,18,20)/t15-/m1/s1. The van der Waals surface area contributed by atoms with Crippen molar-refractivity contribution in [2.75, 3.05) is 31.5 Å². The van der Waals surface area contributed by atoms with Gasteiger partial charge in [-0.25, -0.2) is 0 Å². The topological polar surface area (TPSA) is 68.2 Å². The molecule has 1 fully saturated rings. The van der Waals surface area contributed by atoms with Gasteiger partial charge in [0.2, 0.25) is 5.91 Å². The lowest BCUT2D eigenvalue weighted by Crippen LogP contribution is -2.45. The number of amides is 1. The number of nitrogens with one attached hydrogen (secondary N) is 2. The number of carbonyl (C=O) groups excluding carboxylic acids is 1. The van der Waals surface area contributed by atoms with Crippen LogP contribution in [0.3, 0.4) is 0 Å². The summed E-state index contributed by atoms with van der Waals surface area (Å²) in [6.45, 7) is 5.34. The Balaban J connectivity index is 2.12. The minimum absolute atomic E-state index is 0.0755. The van der Waals surface area contributed by atoms with Crippen molar-refractivity contribution in [1.29, 1.82) is 5.26 Å². The van der Waals surface area contributed by atoms with Gasteiger partial charge in [-0.3, -0.25) is 9.69 Å². The second-order valence-corrected chi connectivity index (χ2v) is 4.97. The molecule has 2 N–H and O–H groups in total. The average molecular weight is 272 g/mol. The molecule has 106 valence electrons. The van der Waals surface area contributed by atoms with Gasteiger partial charge in [-0.2, -0.15) is 5.26 Å². The van der Waals surface area contributed by atoms with E-state index in [-0.39, 0.29) is 11.9 Å². The number of rotatable bonds is 4. The lowest BCUT2D eigenvalue weighted by Gasteiger charge is -2.34. The smallest absolute Gasteiger partial charge is 0.221 e. The summed E-state index contributed by atoms with van der Waals surface area (Å²) in [5, 5.41) is 15.1. The molecule has 1 amide bonds. The summed E-state index contributed by atoms with van der Waals surface area (Å²) in [6.07, 6.45) is 0.486. The maximum absolute atomic E-state index is 11.0. The average Bonchev–Trinajstić information content (AvgIpc) is 2.46. The number of nitriles is 1. The molecule has 20 heavy (non-hydrogen) atoms. The van der Waals surface area contributed by atoms with Crippen LogP contribution in [0.4, 0.5) is 5.69 Å². The number of hydrogen-bond acceptors (Lipinski definition) is 4. The predicted molar refractivity (Wildman–Crippen MR) is 78.2 cm³/mol. The van der Waals surface area contributed by atoms with Gasteiger partial charge in [-0.1, -0.05) is 12.1 Å². The van der Waals surface area contributed by atoms with Gasteiger partial charge in [0.05, 0.1) is 12.5 Å². The molecule has 1 aromatic rings. The zero-order chi connectivity index (χ0) is 14.4. The lowest BCUT2D eigenvalue weighted by atomic mass is 10.0. The molecule has 1 atom stereocenters. The molecule has 1 aromatic carbocycles. The normalized spacial score (nSPS) is 17.2. The van der Waals surface area contributed by atoms with Crippen LogP contribution >= 0.6 is 0 Å². The van der Waals surface area contributed by atoms with Crippen LogP contribution in [-0.4, -0.2) is 37.0 Å². The molecular weight excluding hydrogens is 252 g/mol. The van der Waals surface area contributed by atoms with E-state index in [9.17, 15) is 4.79 Å². The number of piperazine rings is 1. The number of hydrogen-bond donors (Lipinski definition) is 2. The van der Waals surface area contributed by atoms with Gasteiger partial charge in [-0.05, 0) is 17.7 Å². The molecule has 1 heterocycles. The largest absolute Gasteiger partial charge is 0.326 e. The van der Waals surface area contributed by atoms with Crippen LogP contribution in [0.25, 0.3) is 0 Å². The highest BCUT2D eigenvalue weighted by Gasteiger charge is 2.21. The van der Waals surface area contributed by atoms with Gasteiger partial charge in [0.15, 0.2) is 0 Å². The Bertz CT molecular complexity index is 486. The zero-order valence-corrected chi connectivity index (χ0v) is 11.7. The maximum atomic E-state index is 11.0. The molecule has 0 aliphatic carbocycles. The lowest BCUT2D eigenvalue weighted by molar-refractivity contribution is -0.114. The molecule has 1 aliphatic heterocycles. The first-order valence-corrected chi connectivity index (χ1v) is 6.90. The van der Waals surface area contributed by atoms with Gasteiger partial charge in [0.1, 0.15) is 0 Å². The molecule has 0 unspecified atom stereocenters. The molecule has 0 aromatic heterocycles. The van der Waals surface area contributed by atoms with Crippen LogP contribution in [0.5, 0.6) is 0 Å². The van der Waals surface area contributed by atoms with E-state index in [1.54, 1.807) is 0 Å². The van der Waals surface area contributed by atoms with Gasteiger partial charge < -0.3 is 10.6 Å². The molecule has 2 rings (SSSR count). The highest BCUT2D eigenvalue weighted by molar-refractivity contribution is 5.88. The highest BCUT2D eigenvalue weighted by atomic mass is 16.1. The Labute approximate surface area is 119 Å². The van der Waals surface area contributed by atoms with Crippen molar-refractivity contribution in [3.63, 3.8) is 0 Å². The van der Waals surface area contributed by atoms with E-state index in [4.69, 9.17) is 5.26 Å². The molecule has 5 heteroatoms. The van der Waals surface area contributed by atoms with E-state index in [1.807, 2.05) is 24.3 Å². The Morgan fingerprint density at radius 1 is 1.40 bits per heavy atom. The monoisotopic (exact) mass is 272 g/mol. The van der Waals surface area contributed by atoms with E-state index >= 15 is 0 Å². The fraction of sp³-hybridized carbons (Fsp3) is 0.467. The second kappa shape index (κ2) is 7.04. The third-order valence-corrected chi connectivity index (χ3v) is 3.49. The summed E-state index contributed by atoms with van der Waals surface area (Å²) < 4.78 is 0. The SMILES string of the molecule is CC(=O)Nc1ccc([C@@H](CC#N)N2CCNCC2)cc1. The van der Waals surface area contributed by atoms with Crippen LogP contribution < -0.4 is 10.6 Å². The molecule has 5 nitrogen and oxygen atoms in total. The Hall–Kier alpha value is -1.90. The molecule has 0 bridgehead atoms. The van der Waals surface area contributed by atoms with Crippen molar-refractivity contribution >= 4 is 11.6 Å². The fourth-order valence-corrected chi connectivity index (χ4v) is 2.53. The van der Waals surface area contributed by atoms with E-state index < -0.39 is 0 Å². The van der Waals surface area contributed by atoms with Crippen LogP contribution in [0.2, 0.25) is 0 Å². The summed E-state index contributed by atoms with van der Waals surface area (Å²) in [4.78, 5) is 13.4. The highest BCUT2D eigenvalue weighted by Crippen LogP contribution is 2.25. The van der Waals surface area contributed by atoms with Gasteiger partial charge >= 0.3 is 0 Å².